The minimum absolute atomic E-state index is 0.0933. The minimum Gasteiger partial charge on any atom is -0.497 e. The number of ketones is 1. The van der Waals surface area contributed by atoms with Crippen molar-refractivity contribution in [3.8, 4) is 5.75 Å². The van der Waals surface area contributed by atoms with E-state index in [0.29, 0.717) is 5.56 Å². The van der Waals surface area contributed by atoms with Gasteiger partial charge in [0.25, 0.3) is 0 Å². The Kier molecular flexibility index (Phi) is 3.40. The molecule has 2 heteroatoms. The Morgan fingerprint density at radius 1 is 1.31 bits per heavy atom. The normalized spacial score (nSPS) is 14.9. The molecule has 0 aromatic heterocycles. The van der Waals surface area contributed by atoms with Crippen molar-refractivity contribution in [1.29, 1.82) is 0 Å². The standard InChI is InChI=1S/C14H16O2/c1-16-13-8-4-7-12(10-13)14(15)9-11-5-2-3-6-11/h4,7-10H,2-3,5-6H2,1H3. The van der Waals surface area contributed by atoms with Crippen LogP contribution in [0.3, 0.4) is 0 Å². The van der Waals surface area contributed by atoms with Crippen LogP contribution in [-0.4, -0.2) is 12.9 Å². The van der Waals surface area contributed by atoms with Crippen LogP contribution in [0.2, 0.25) is 0 Å². The zero-order chi connectivity index (χ0) is 11.4. The van der Waals surface area contributed by atoms with Gasteiger partial charge >= 0.3 is 0 Å². The Bertz CT molecular complexity index is 410. The summed E-state index contributed by atoms with van der Waals surface area (Å²) in [6.45, 7) is 0. The van der Waals surface area contributed by atoms with Crippen LogP contribution in [0.1, 0.15) is 36.0 Å². The third-order valence-corrected chi connectivity index (χ3v) is 2.94. The molecule has 0 N–H and O–H groups in total. The van der Waals surface area contributed by atoms with Crippen LogP contribution < -0.4 is 4.74 Å². The maximum atomic E-state index is 11.9. The number of carbonyl (C=O) groups excluding carboxylic acids is 1. The predicted molar refractivity (Wildman–Crippen MR) is 63.9 cm³/mol. The number of methoxy groups -OCH3 is 1. The Morgan fingerprint density at radius 2 is 2.06 bits per heavy atom. The van der Waals surface area contributed by atoms with Gasteiger partial charge in [-0.1, -0.05) is 17.7 Å². The molecule has 2 rings (SSSR count). The number of carbonyl (C=O) groups is 1. The first-order chi connectivity index (χ1) is 7.79. The summed E-state index contributed by atoms with van der Waals surface area (Å²) < 4.78 is 5.10. The summed E-state index contributed by atoms with van der Waals surface area (Å²) in [5, 5.41) is 0. The molecule has 2 nitrogen and oxygen atoms in total. The van der Waals surface area contributed by atoms with Gasteiger partial charge in [0.1, 0.15) is 5.75 Å². The van der Waals surface area contributed by atoms with Gasteiger partial charge in [-0.05, 0) is 43.9 Å². The summed E-state index contributed by atoms with van der Waals surface area (Å²) in [5.41, 5.74) is 1.99. The van der Waals surface area contributed by atoms with E-state index in [1.807, 2.05) is 18.2 Å². The molecule has 0 aliphatic heterocycles. The van der Waals surface area contributed by atoms with Crippen LogP contribution in [0, 0.1) is 0 Å². The van der Waals surface area contributed by atoms with Gasteiger partial charge in [0, 0.05) is 5.56 Å². The number of ether oxygens (including phenoxy) is 1. The molecule has 84 valence electrons. The summed E-state index contributed by atoms with van der Waals surface area (Å²) in [6.07, 6.45) is 6.39. The second-order valence-electron chi connectivity index (χ2n) is 4.11. The topological polar surface area (TPSA) is 26.3 Å². The van der Waals surface area contributed by atoms with Gasteiger partial charge in [-0.15, -0.1) is 0 Å². The van der Waals surface area contributed by atoms with Gasteiger partial charge in [-0.2, -0.15) is 0 Å². The fraction of sp³-hybridized carbons (Fsp3) is 0.357. The molecule has 0 bridgehead atoms. The smallest absolute Gasteiger partial charge is 0.185 e. The van der Waals surface area contributed by atoms with Crippen LogP contribution in [0.25, 0.3) is 0 Å². The lowest BCUT2D eigenvalue weighted by atomic mass is 10.1. The first kappa shape index (κ1) is 10.9. The van der Waals surface area contributed by atoms with E-state index in [4.69, 9.17) is 4.74 Å². The summed E-state index contributed by atoms with van der Waals surface area (Å²) in [4.78, 5) is 11.9. The molecule has 0 spiro atoms. The minimum atomic E-state index is 0.0933. The highest BCUT2D eigenvalue weighted by Gasteiger charge is 2.10. The molecule has 0 unspecified atom stereocenters. The van der Waals surface area contributed by atoms with E-state index in [0.717, 1.165) is 18.6 Å². The SMILES string of the molecule is COc1cccc(C(=O)C=C2CCCC2)c1. The second-order valence-corrected chi connectivity index (χ2v) is 4.11. The summed E-state index contributed by atoms with van der Waals surface area (Å²) in [6, 6.07) is 7.31. The van der Waals surface area contributed by atoms with Gasteiger partial charge < -0.3 is 4.74 Å². The molecule has 0 atom stereocenters. The average Bonchev–Trinajstić information content (AvgIpc) is 2.82. The first-order valence-electron chi connectivity index (χ1n) is 5.67. The molecule has 1 fully saturated rings. The van der Waals surface area contributed by atoms with Gasteiger partial charge in [-0.3, -0.25) is 4.79 Å². The highest BCUT2D eigenvalue weighted by molar-refractivity contribution is 6.05. The molecule has 1 aliphatic carbocycles. The van der Waals surface area contributed by atoms with Gasteiger partial charge in [0.15, 0.2) is 5.78 Å². The van der Waals surface area contributed by atoms with E-state index in [1.54, 1.807) is 19.3 Å². The molecule has 1 aromatic rings. The molecule has 1 saturated carbocycles. The van der Waals surface area contributed by atoms with Crippen LogP contribution in [-0.2, 0) is 0 Å². The third kappa shape index (κ3) is 2.51. The highest BCUT2D eigenvalue weighted by atomic mass is 16.5. The molecule has 0 saturated heterocycles. The molecule has 16 heavy (non-hydrogen) atoms. The van der Waals surface area contributed by atoms with Crippen molar-refractivity contribution < 1.29 is 9.53 Å². The fourth-order valence-corrected chi connectivity index (χ4v) is 2.02. The molecule has 1 aliphatic rings. The monoisotopic (exact) mass is 216 g/mol. The molecule has 0 heterocycles. The fourth-order valence-electron chi connectivity index (χ4n) is 2.02. The lowest BCUT2D eigenvalue weighted by Crippen LogP contribution is -1.96. The van der Waals surface area contributed by atoms with E-state index < -0.39 is 0 Å². The Hall–Kier alpha value is -1.57. The van der Waals surface area contributed by atoms with Crippen molar-refractivity contribution in [3.05, 3.63) is 41.5 Å². The van der Waals surface area contributed by atoms with E-state index >= 15 is 0 Å². The zero-order valence-corrected chi connectivity index (χ0v) is 9.53. The Balaban J connectivity index is 2.16. The van der Waals surface area contributed by atoms with Gasteiger partial charge in [0.05, 0.1) is 7.11 Å². The Morgan fingerprint density at radius 3 is 2.75 bits per heavy atom. The summed E-state index contributed by atoms with van der Waals surface area (Å²) >= 11 is 0. The van der Waals surface area contributed by atoms with Crippen molar-refractivity contribution in [2.75, 3.05) is 7.11 Å². The van der Waals surface area contributed by atoms with Gasteiger partial charge in [-0.25, -0.2) is 0 Å². The maximum absolute atomic E-state index is 11.9. The van der Waals surface area contributed by atoms with Crippen molar-refractivity contribution in [1.82, 2.24) is 0 Å². The van der Waals surface area contributed by atoms with Gasteiger partial charge in [0.2, 0.25) is 0 Å². The molecular formula is C14H16O2. The molecule has 0 amide bonds. The largest absolute Gasteiger partial charge is 0.497 e. The number of hydrogen-bond donors (Lipinski definition) is 0. The van der Waals surface area contributed by atoms with Crippen molar-refractivity contribution >= 4 is 5.78 Å². The van der Waals surface area contributed by atoms with Crippen molar-refractivity contribution in [2.45, 2.75) is 25.7 Å². The number of allylic oxidation sites excluding steroid dienone is 2. The lowest BCUT2D eigenvalue weighted by molar-refractivity contribution is 0.104. The van der Waals surface area contributed by atoms with Crippen LogP contribution >= 0.6 is 0 Å². The summed E-state index contributed by atoms with van der Waals surface area (Å²) in [7, 11) is 1.61. The number of rotatable bonds is 3. The molecule has 1 aromatic carbocycles. The predicted octanol–water partition coefficient (Wildman–Crippen LogP) is 3.38. The third-order valence-electron chi connectivity index (χ3n) is 2.94. The zero-order valence-electron chi connectivity index (χ0n) is 9.53. The molecule has 0 radical (unpaired) electrons. The highest BCUT2D eigenvalue weighted by Crippen LogP contribution is 2.24. The van der Waals surface area contributed by atoms with Crippen LogP contribution in [0.5, 0.6) is 5.75 Å². The van der Waals surface area contributed by atoms with Crippen molar-refractivity contribution in [2.24, 2.45) is 0 Å². The first-order valence-corrected chi connectivity index (χ1v) is 5.67. The number of hydrogen-bond acceptors (Lipinski definition) is 2. The van der Waals surface area contributed by atoms with E-state index in [2.05, 4.69) is 0 Å². The maximum Gasteiger partial charge on any atom is 0.185 e. The van der Waals surface area contributed by atoms with Crippen LogP contribution in [0.15, 0.2) is 35.9 Å². The van der Waals surface area contributed by atoms with Crippen LogP contribution in [0.4, 0.5) is 0 Å². The average molecular weight is 216 g/mol. The Labute approximate surface area is 95.9 Å². The van der Waals surface area contributed by atoms with E-state index in [9.17, 15) is 4.79 Å². The quantitative estimate of drug-likeness (QED) is 0.572. The lowest BCUT2D eigenvalue weighted by Gasteiger charge is -2.02. The molecular weight excluding hydrogens is 200 g/mol. The second kappa shape index (κ2) is 4.97. The van der Waals surface area contributed by atoms with Crippen molar-refractivity contribution in [3.63, 3.8) is 0 Å². The number of benzene rings is 1. The summed E-state index contributed by atoms with van der Waals surface area (Å²) in [5.74, 6) is 0.825. The van der Waals surface area contributed by atoms with E-state index in [1.165, 1.54) is 18.4 Å². The van der Waals surface area contributed by atoms with E-state index in [-0.39, 0.29) is 5.78 Å².